The van der Waals surface area contributed by atoms with Gasteiger partial charge in [0.2, 0.25) is 0 Å². The molecule has 3 nitrogen and oxygen atoms in total. The van der Waals surface area contributed by atoms with E-state index in [0.717, 1.165) is 5.82 Å². The van der Waals surface area contributed by atoms with Crippen molar-refractivity contribution in [2.24, 2.45) is 0 Å². The molecule has 1 aromatic heterocycles. The fourth-order valence-corrected chi connectivity index (χ4v) is 0.465. The van der Waals surface area contributed by atoms with Gasteiger partial charge in [0.05, 0.1) is 0 Å². The summed E-state index contributed by atoms with van der Waals surface area (Å²) in [6.07, 6.45) is 0. The summed E-state index contributed by atoms with van der Waals surface area (Å²) in [6.45, 7) is 0. The molecule has 0 saturated carbocycles. The monoisotopic (exact) mass is 107 g/mol. The predicted molar refractivity (Wildman–Crippen MR) is 33.5 cm³/mol. The Balaban J connectivity index is 2.84. The van der Waals surface area contributed by atoms with Crippen LogP contribution in [-0.4, -0.2) is 25.1 Å². The predicted octanol–water partition coefficient (Wildman–Crippen LogP) is -0.755. The van der Waals surface area contributed by atoms with Crippen molar-refractivity contribution < 1.29 is 0 Å². The molecule has 1 heterocycles. The van der Waals surface area contributed by atoms with E-state index in [2.05, 4.69) is 15.5 Å². The molecule has 0 aromatic carbocycles. The van der Waals surface area contributed by atoms with E-state index in [0.29, 0.717) is 5.59 Å². The zero-order chi connectivity index (χ0) is 5.98. The quantitative estimate of drug-likeness (QED) is 0.463. The number of nitrogens with zero attached hydrogens (tertiary/aromatic N) is 1. The molecule has 0 aliphatic heterocycles. The van der Waals surface area contributed by atoms with Crippen molar-refractivity contribution in [3.63, 3.8) is 0 Å². The number of rotatable bonds is 1. The molecule has 0 fully saturated rings. The molecular formula is C4H6BN3. The average Bonchev–Trinajstić information content (AvgIpc) is 2.14. The molecule has 0 atom stereocenters. The summed E-state index contributed by atoms with van der Waals surface area (Å²) >= 11 is 0. The van der Waals surface area contributed by atoms with Crippen molar-refractivity contribution in [1.29, 1.82) is 0 Å². The molecule has 0 aliphatic rings. The van der Waals surface area contributed by atoms with Crippen LogP contribution in [0.4, 0.5) is 5.82 Å². The van der Waals surface area contributed by atoms with Crippen molar-refractivity contribution in [1.82, 2.24) is 10.2 Å². The van der Waals surface area contributed by atoms with Crippen LogP contribution in [0, 0.1) is 0 Å². The van der Waals surface area contributed by atoms with Gasteiger partial charge >= 0.3 is 0 Å². The van der Waals surface area contributed by atoms with Crippen LogP contribution in [0.15, 0.2) is 6.07 Å². The molecule has 1 aromatic rings. The Labute approximate surface area is 48.9 Å². The van der Waals surface area contributed by atoms with Gasteiger partial charge in [0.1, 0.15) is 13.7 Å². The van der Waals surface area contributed by atoms with Crippen LogP contribution >= 0.6 is 0 Å². The largest absolute Gasteiger partial charge is 0.372 e. The molecule has 0 spiro atoms. The molecule has 0 amide bonds. The maximum absolute atomic E-state index is 5.30. The molecule has 1 rings (SSSR count). The fourth-order valence-electron chi connectivity index (χ4n) is 0.465. The van der Waals surface area contributed by atoms with E-state index in [1.165, 1.54) is 0 Å². The SMILES string of the molecule is [B]c1cc(NC)n[nH]1. The number of anilines is 1. The van der Waals surface area contributed by atoms with E-state index in [-0.39, 0.29) is 0 Å². The second-order valence-electron chi connectivity index (χ2n) is 1.46. The van der Waals surface area contributed by atoms with Gasteiger partial charge in [0, 0.05) is 7.05 Å². The highest BCUT2D eigenvalue weighted by Gasteiger charge is 1.88. The summed E-state index contributed by atoms with van der Waals surface area (Å²) in [4.78, 5) is 0. The smallest absolute Gasteiger partial charge is 0.146 e. The molecule has 0 unspecified atom stereocenters. The maximum atomic E-state index is 5.30. The van der Waals surface area contributed by atoms with Crippen LogP contribution in [0.25, 0.3) is 0 Å². The minimum Gasteiger partial charge on any atom is -0.372 e. The van der Waals surface area contributed by atoms with E-state index in [4.69, 9.17) is 7.85 Å². The molecule has 2 radical (unpaired) electrons. The molecule has 2 N–H and O–H groups in total. The first-order chi connectivity index (χ1) is 3.83. The van der Waals surface area contributed by atoms with Gasteiger partial charge in [-0.2, -0.15) is 5.10 Å². The van der Waals surface area contributed by atoms with E-state index >= 15 is 0 Å². The van der Waals surface area contributed by atoms with Crippen molar-refractivity contribution in [3.05, 3.63) is 6.07 Å². The molecule has 0 saturated heterocycles. The Bertz CT molecular complexity index is 172. The van der Waals surface area contributed by atoms with Gasteiger partial charge in [0.25, 0.3) is 0 Å². The lowest BCUT2D eigenvalue weighted by atomic mass is 10.1. The summed E-state index contributed by atoms with van der Waals surface area (Å²) in [6, 6.07) is 1.72. The number of nitrogens with one attached hydrogen (secondary N) is 2. The Morgan fingerprint density at radius 3 is 2.88 bits per heavy atom. The minimum atomic E-state index is 0.578. The van der Waals surface area contributed by atoms with Gasteiger partial charge in [-0.15, -0.1) is 0 Å². The lowest BCUT2D eigenvalue weighted by molar-refractivity contribution is 1.11. The van der Waals surface area contributed by atoms with E-state index < -0.39 is 0 Å². The van der Waals surface area contributed by atoms with Crippen LogP contribution in [-0.2, 0) is 0 Å². The van der Waals surface area contributed by atoms with Crippen LogP contribution in [0.5, 0.6) is 0 Å². The zero-order valence-electron chi connectivity index (χ0n) is 4.60. The van der Waals surface area contributed by atoms with Gasteiger partial charge in [-0.05, 0) is 11.7 Å². The molecular weight excluding hydrogens is 101 g/mol. The average molecular weight is 107 g/mol. The Kier molecular flexibility index (Phi) is 1.24. The standard InChI is InChI=1S/C4H6BN3/c1-6-4-2-3(5)7-8-4/h2H,1H3,(H2,6,7,8). The normalized spacial score (nSPS) is 9.12. The Hall–Kier alpha value is -0.925. The van der Waals surface area contributed by atoms with E-state index in [1.54, 1.807) is 13.1 Å². The maximum Gasteiger partial charge on any atom is 0.146 e. The third kappa shape index (κ3) is 0.830. The first-order valence-electron chi connectivity index (χ1n) is 2.31. The lowest BCUT2D eigenvalue weighted by Gasteiger charge is -1.84. The van der Waals surface area contributed by atoms with E-state index in [1.807, 2.05) is 0 Å². The Morgan fingerprint density at radius 2 is 2.62 bits per heavy atom. The van der Waals surface area contributed by atoms with Crippen molar-refractivity contribution in [2.45, 2.75) is 0 Å². The summed E-state index contributed by atoms with van der Waals surface area (Å²) in [7, 11) is 7.08. The van der Waals surface area contributed by atoms with Crippen LogP contribution < -0.4 is 10.9 Å². The summed E-state index contributed by atoms with van der Waals surface area (Å²) in [5, 5.41) is 9.18. The summed E-state index contributed by atoms with van der Waals surface area (Å²) < 4.78 is 0. The first-order valence-corrected chi connectivity index (χ1v) is 2.31. The zero-order valence-corrected chi connectivity index (χ0v) is 4.60. The summed E-state index contributed by atoms with van der Waals surface area (Å²) in [5.41, 5.74) is 0.578. The number of hydrogen-bond donors (Lipinski definition) is 2. The highest BCUT2D eigenvalue weighted by atomic mass is 15.2. The van der Waals surface area contributed by atoms with Crippen LogP contribution in [0.2, 0.25) is 0 Å². The molecule has 0 bridgehead atoms. The molecule has 0 aliphatic carbocycles. The third-order valence-corrected chi connectivity index (χ3v) is 0.854. The fraction of sp³-hybridized carbons (Fsp3) is 0.250. The van der Waals surface area contributed by atoms with Crippen LogP contribution in [0.1, 0.15) is 0 Å². The molecule has 8 heavy (non-hydrogen) atoms. The molecule has 40 valence electrons. The van der Waals surface area contributed by atoms with Crippen LogP contribution in [0.3, 0.4) is 0 Å². The number of hydrogen-bond acceptors (Lipinski definition) is 2. The van der Waals surface area contributed by atoms with Gasteiger partial charge in [0.15, 0.2) is 0 Å². The lowest BCUT2D eigenvalue weighted by Crippen LogP contribution is -2.00. The van der Waals surface area contributed by atoms with Crippen molar-refractivity contribution in [3.8, 4) is 0 Å². The van der Waals surface area contributed by atoms with Gasteiger partial charge < -0.3 is 5.32 Å². The molecule has 4 heteroatoms. The third-order valence-electron chi connectivity index (χ3n) is 0.854. The second-order valence-corrected chi connectivity index (χ2v) is 1.46. The van der Waals surface area contributed by atoms with Gasteiger partial charge in [-0.1, -0.05) is 0 Å². The highest BCUT2D eigenvalue weighted by molar-refractivity contribution is 6.30. The van der Waals surface area contributed by atoms with Crippen molar-refractivity contribution >= 4 is 19.3 Å². The van der Waals surface area contributed by atoms with E-state index in [9.17, 15) is 0 Å². The summed E-state index contributed by atoms with van der Waals surface area (Å²) in [5.74, 6) is 0.766. The number of aromatic amines is 1. The number of aromatic nitrogens is 2. The second kappa shape index (κ2) is 1.90. The topological polar surface area (TPSA) is 40.7 Å². The minimum absolute atomic E-state index is 0.578. The Morgan fingerprint density at radius 1 is 1.88 bits per heavy atom. The van der Waals surface area contributed by atoms with Gasteiger partial charge in [-0.3, -0.25) is 5.10 Å². The number of H-pyrrole nitrogens is 1. The first kappa shape index (κ1) is 5.22. The highest BCUT2D eigenvalue weighted by Crippen LogP contribution is 1.91. The van der Waals surface area contributed by atoms with Gasteiger partial charge in [-0.25, -0.2) is 0 Å². The van der Waals surface area contributed by atoms with Crippen molar-refractivity contribution in [2.75, 3.05) is 12.4 Å².